The van der Waals surface area contributed by atoms with Crippen molar-refractivity contribution >= 4 is 57.7 Å². The molecule has 0 spiro atoms. The highest BCUT2D eigenvalue weighted by Crippen LogP contribution is 2.39. The number of rotatable bonds is 16. The van der Waals surface area contributed by atoms with Gasteiger partial charge in [0.25, 0.3) is 11.8 Å². The lowest BCUT2D eigenvalue weighted by molar-refractivity contribution is -0.116. The van der Waals surface area contributed by atoms with Crippen molar-refractivity contribution in [3.63, 3.8) is 0 Å². The lowest BCUT2D eigenvalue weighted by Gasteiger charge is -2.16. The van der Waals surface area contributed by atoms with E-state index in [1.54, 1.807) is 80.9 Å². The molecular formula is C40H40N4O8S2. The van der Waals surface area contributed by atoms with Gasteiger partial charge in [-0.2, -0.15) is 0 Å². The number of thiazole rings is 1. The van der Waals surface area contributed by atoms with Crippen LogP contribution in [0.4, 0.5) is 10.8 Å². The summed E-state index contributed by atoms with van der Waals surface area (Å²) < 4.78 is 27.1. The predicted molar refractivity (Wildman–Crippen MR) is 212 cm³/mol. The van der Waals surface area contributed by atoms with Crippen LogP contribution in [0, 0.1) is 0 Å². The SMILES string of the molecule is CCC(Sc1cccc(NC(=O)/C(=C\c2cc(OC)c(OC)c(OC)c2)NC(=O)c2ccccc2)c1)C(=O)Nc1nc(-c2ccc(OC)c(OC)c2)cs1. The van der Waals surface area contributed by atoms with Gasteiger partial charge in [0.2, 0.25) is 11.7 Å². The Morgan fingerprint density at radius 2 is 1.48 bits per heavy atom. The fourth-order valence-electron chi connectivity index (χ4n) is 5.27. The molecule has 0 aliphatic carbocycles. The van der Waals surface area contributed by atoms with Gasteiger partial charge >= 0.3 is 0 Å². The van der Waals surface area contributed by atoms with E-state index in [0.717, 1.165) is 10.5 Å². The third-order valence-corrected chi connectivity index (χ3v) is 10.1. The van der Waals surface area contributed by atoms with E-state index in [0.29, 0.717) is 62.8 Å². The van der Waals surface area contributed by atoms with Gasteiger partial charge in [-0.1, -0.05) is 31.2 Å². The van der Waals surface area contributed by atoms with E-state index in [1.807, 2.05) is 30.5 Å². The van der Waals surface area contributed by atoms with Crippen LogP contribution >= 0.6 is 23.1 Å². The van der Waals surface area contributed by atoms with Crippen LogP contribution in [0.25, 0.3) is 17.3 Å². The molecule has 0 saturated carbocycles. The number of anilines is 2. The van der Waals surface area contributed by atoms with Crippen molar-refractivity contribution in [1.29, 1.82) is 0 Å². The van der Waals surface area contributed by atoms with Crippen LogP contribution in [0.5, 0.6) is 28.7 Å². The standard InChI is InChI=1S/C40H40N4O8S2/c1-7-35(39(47)44-40-43-30(23-53-40)26-16-17-31(48-2)32(21-26)49-3)54-28-15-11-14-27(22-28)41-38(46)29(42-37(45)25-12-9-8-10-13-25)18-24-19-33(50-4)36(52-6)34(20-24)51-5/h8-23,35H,7H2,1-6H3,(H,41,46)(H,42,45)(H,43,44,47)/b29-18+. The summed E-state index contributed by atoms with van der Waals surface area (Å²) in [4.78, 5) is 45.8. The number of amides is 3. The summed E-state index contributed by atoms with van der Waals surface area (Å²) >= 11 is 2.68. The first-order chi connectivity index (χ1) is 26.2. The minimum absolute atomic E-state index is 0.0297. The Labute approximate surface area is 321 Å². The van der Waals surface area contributed by atoms with Crippen molar-refractivity contribution in [2.45, 2.75) is 23.5 Å². The molecule has 0 fully saturated rings. The fourth-order valence-corrected chi connectivity index (χ4v) is 7.01. The number of hydrogen-bond acceptors (Lipinski definition) is 11. The molecule has 3 amide bonds. The van der Waals surface area contributed by atoms with Gasteiger partial charge < -0.3 is 39.6 Å². The zero-order chi connectivity index (χ0) is 38.6. The first-order valence-electron chi connectivity index (χ1n) is 16.6. The van der Waals surface area contributed by atoms with E-state index >= 15 is 0 Å². The summed E-state index contributed by atoms with van der Waals surface area (Å²) in [6.45, 7) is 1.93. The largest absolute Gasteiger partial charge is 0.493 e. The molecule has 5 aromatic rings. The first-order valence-corrected chi connectivity index (χ1v) is 18.4. The third-order valence-electron chi connectivity index (χ3n) is 7.97. The minimum Gasteiger partial charge on any atom is -0.493 e. The summed E-state index contributed by atoms with van der Waals surface area (Å²) in [5, 5.41) is 10.5. The number of carbonyl (C=O) groups is 3. The zero-order valence-electron chi connectivity index (χ0n) is 30.6. The molecule has 1 aromatic heterocycles. The van der Waals surface area contributed by atoms with Crippen molar-refractivity contribution in [3.05, 3.63) is 107 Å². The highest BCUT2D eigenvalue weighted by atomic mass is 32.2. The monoisotopic (exact) mass is 768 g/mol. The number of benzene rings is 4. The number of aromatic nitrogens is 1. The number of ether oxygens (including phenoxy) is 5. The molecule has 280 valence electrons. The van der Waals surface area contributed by atoms with Gasteiger partial charge in [-0.25, -0.2) is 4.98 Å². The Bertz CT molecular complexity index is 2110. The van der Waals surface area contributed by atoms with Gasteiger partial charge in [0.05, 0.1) is 46.5 Å². The van der Waals surface area contributed by atoms with E-state index in [-0.39, 0.29) is 11.6 Å². The van der Waals surface area contributed by atoms with Crippen molar-refractivity contribution in [3.8, 4) is 40.0 Å². The van der Waals surface area contributed by atoms with Crippen LogP contribution in [-0.4, -0.2) is 63.5 Å². The molecule has 0 aliphatic rings. The van der Waals surface area contributed by atoms with Crippen molar-refractivity contribution in [2.75, 3.05) is 46.2 Å². The lowest BCUT2D eigenvalue weighted by atomic mass is 10.1. The first kappa shape index (κ1) is 39.2. The molecule has 0 bridgehead atoms. The molecule has 1 atom stereocenters. The van der Waals surface area contributed by atoms with Crippen LogP contribution in [0.2, 0.25) is 0 Å². The molecule has 3 N–H and O–H groups in total. The fraction of sp³-hybridized carbons (Fsp3) is 0.200. The Hall–Kier alpha value is -5.99. The average Bonchev–Trinajstić information content (AvgIpc) is 3.67. The second-order valence-electron chi connectivity index (χ2n) is 11.4. The Balaban J connectivity index is 1.32. The van der Waals surface area contributed by atoms with E-state index < -0.39 is 17.1 Å². The molecule has 4 aromatic carbocycles. The topological polar surface area (TPSA) is 146 Å². The van der Waals surface area contributed by atoms with Crippen LogP contribution in [0.15, 0.2) is 101 Å². The average molecular weight is 769 g/mol. The highest BCUT2D eigenvalue weighted by molar-refractivity contribution is 8.00. The van der Waals surface area contributed by atoms with Gasteiger partial charge in [-0.05, 0) is 78.7 Å². The summed E-state index contributed by atoms with van der Waals surface area (Å²) in [6.07, 6.45) is 2.06. The number of hydrogen-bond donors (Lipinski definition) is 3. The normalized spacial score (nSPS) is 11.6. The van der Waals surface area contributed by atoms with E-state index in [1.165, 1.54) is 50.5 Å². The summed E-state index contributed by atoms with van der Waals surface area (Å²) in [5.41, 5.74) is 2.84. The number of nitrogens with one attached hydrogen (secondary N) is 3. The summed E-state index contributed by atoms with van der Waals surface area (Å²) in [6, 6.07) is 24.6. The van der Waals surface area contributed by atoms with E-state index in [4.69, 9.17) is 23.7 Å². The maximum Gasteiger partial charge on any atom is 0.272 e. The molecule has 0 aliphatic heterocycles. The van der Waals surface area contributed by atoms with Gasteiger partial charge in [-0.3, -0.25) is 14.4 Å². The maximum atomic E-state index is 13.8. The molecule has 1 unspecified atom stereocenters. The summed E-state index contributed by atoms with van der Waals surface area (Å²) in [7, 11) is 7.62. The van der Waals surface area contributed by atoms with Gasteiger partial charge in [0, 0.05) is 27.1 Å². The quantitative estimate of drug-likeness (QED) is 0.0672. The van der Waals surface area contributed by atoms with Crippen LogP contribution in [0.1, 0.15) is 29.3 Å². The van der Waals surface area contributed by atoms with Crippen molar-refractivity contribution in [1.82, 2.24) is 10.3 Å². The number of carbonyl (C=O) groups excluding carboxylic acids is 3. The van der Waals surface area contributed by atoms with Gasteiger partial charge in [0.15, 0.2) is 28.1 Å². The van der Waals surface area contributed by atoms with Crippen LogP contribution in [-0.2, 0) is 9.59 Å². The molecule has 54 heavy (non-hydrogen) atoms. The second-order valence-corrected chi connectivity index (χ2v) is 13.6. The summed E-state index contributed by atoms with van der Waals surface area (Å²) in [5.74, 6) is 1.08. The van der Waals surface area contributed by atoms with E-state index in [2.05, 4.69) is 20.9 Å². The Morgan fingerprint density at radius 1 is 0.778 bits per heavy atom. The number of methoxy groups -OCH3 is 5. The molecule has 14 heteroatoms. The predicted octanol–water partition coefficient (Wildman–Crippen LogP) is 7.77. The minimum atomic E-state index is -0.575. The Kier molecular flexibility index (Phi) is 13.6. The molecular weight excluding hydrogens is 729 g/mol. The van der Waals surface area contributed by atoms with Crippen LogP contribution in [0.3, 0.4) is 0 Å². The van der Waals surface area contributed by atoms with E-state index in [9.17, 15) is 14.4 Å². The number of thioether (sulfide) groups is 1. The van der Waals surface area contributed by atoms with Crippen molar-refractivity contribution < 1.29 is 38.1 Å². The molecule has 5 rings (SSSR count). The molecule has 0 radical (unpaired) electrons. The van der Waals surface area contributed by atoms with Gasteiger partial charge in [-0.15, -0.1) is 23.1 Å². The molecule has 0 saturated heterocycles. The smallest absolute Gasteiger partial charge is 0.272 e. The second kappa shape index (κ2) is 18.7. The number of nitrogens with zero attached hydrogens (tertiary/aromatic N) is 1. The third kappa shape index (κ3) is 9.70. The molecule has 12 nitrogen and oxygen atoms in total. The molecule has 1 heterocycles. The van der Waals surface area contributed by atoms with Crippen molar-refractivity contribution in [2.24, 2.45) is 0 Å². The highest BCUT2D eigenvalue weighted by Gasteiger charge is 2.21. The Morgan fingerprint density at radius 3 is 2.13 bits per heavy atom. The van der Waals surface area contributed by atoms with Gasteiger partial charge in [0.1, 0.15) is 5.70 Å². The van der Waals surface area contributed by atoms with Crippen LogP contribution < -0.4 is 39.6 Å². The lowest BCUT2D eigenvalue weighted by Crippen LogP contribution is -2.30. The maximum absolute atomic E-state index is 13.8. The zero-order valence-corrected chi connectivity index (χ0v) is 32.2.